The first-order chi connectivity index (χ1) is 17.5. The Hall–Kier alpha value is -4.79. The Balaban J connectivity index is 1.57. The lowest BCUT2D eigenvalue weighted by Gasteiger charge is -2.25. The fourth-order valence-electron chi connectivity index (χ4n) is 4.11. The molecule has 0 radical (unpaired) electrons. The number of hydrogen-bond acceptors (Lipinski definition) is 4. The minimum Gasteiger partial charge on any atom is -0.347 e. The number of amides is 3. The summed E-state index contributed by atoms with van der Waals surface area (Å²) in [6.07, 6.45) is 1.84. The molecule has 1 atom stereocenters. The smallest absolute Gasteiger partial charge is 0.321 e. The zero-order valence-electron chi connectivity index (χ0n) is 19.4. The molecule has 2 heterocycles. The molecule has 1 aromatic heterocycles. The summed E-state index contributed by atoms with van der Waals surface area (Å²) in [6, 6.07) is 20.0. The zero-order valence-corrected chi connectivity index (χ0v) is 19.4. The molecule has 5 rings (SSSR count). The van der Waals surface area contributed by atoms with Gasteiger partial charge in [-0.3, -0.25) is 4.79 Å². The van der Waals surface area contributed by atoms with Crippen molar-refractivity contribution in [3.8, 4) is 0 Å². The highest BCUT2D eigenvalue weighted by atomic mass is 19.1. The number of aryl methyl sites for hydroxylation is 1. The van der Waals surface area contributed by atoms with Crippen LogP contribution in [0.5, 0.6) is 0 Å². The number of H-pyrrole nitrogens is 1. The molecule has 3 amide bonds. The maximum atomic E-state index is 14.9. The van der Waals surface area contributed by atoms with Crippen molar-refractivity contribution in [3.05, 3.63) is 114 Å². The molecule has 4 aromatic rings. The third-order valence-electron chi connectivity index (χ3n) is 5.76. The number of para-hydroxylation sites is 1. The fraction of sp³-hybridized carbons (Fsp3) is 0.111. The van der Waals surface area contributed by atoms with Gasteiger partial charge < -0.3 is 20.5 Å². The molecule has 36 heavy (non-hydrogen) atoms. The van der Waals surface area contributed by atoms with Crippen molar-refractivity contribution in [3.63, 3.8) is 0 Å². The van der Waals surface area contributed by atoms with Crippen LogP contribution < -0.4 is 15.5 Å². The number of fused-ring (bicyclic) bond motifs is 1. The first-order valence-corrected chi connectivity index (χ1v) is 11.3. The molecule has 180 valence electrons. The number of carbonyl (C=O) groups excluding carboxylic acids is 2. The molecule has 3 aromatic carbocycles. The second-order valence-corrected chi connectivity index (χ2v) is 8.35. The Morgan fingerprint density at radius 1 is 1.06 bits per heavy atom. The van der Waals surface area contributed by atoms with Crippen LogP contribution in [0.15, 0.2) is 90.3 Å². The highest BCUT2D eigenvalue weighted by Gasteiger charge is 2.34. The van der Waals surface area contributed by atoms with E-state index in [2.05, 4.69) is 25.6 Å². The monoisotopic (exact) mass is 482 g/mol. The summed E-state index contributed by atoms with van der Waals surface area (Å²) in [6.45, 7) is 2.07. The van der Waals surface area contributed by atoms with Crippen molar-refractivity contribution in [2.24, 2.45) is 4.99 Å². The van der Waals surface area contributed by atoms with Gasteiger partial charge in [0.1, 0.15) is 5.82 Å². The number of aromatic amines is 1. The van der Waals surface area contributed by atoms with E-state index in [0.717, 1.165) is 5.56 Å². The van der Waals surface area contributed by atoms with E-state index >= 15 is 0 Å². The van der Waals surface area contributed by atoms with Gasteiger partial charge in [0, 0.05) is 23.0 Å². The predicted molar refractivity (Wildman–Crippen MR) is 135 cm³/mol. The van der Waals surface area contributed by atoms with Gasteiger partial charge in [0.15, 0.2) is 0 Å². The van der Waals surface area contributed by atoms with Gasteiger partial charge in [-0.1, -0.05) is 42.5 Å². The largest absolute Gasteiger partial charge is 0.347 e. The Kier molecular flexibility index (Phi) is 6.27. The molecule has 0 saturated heterocycles. The van der Waals surface area contributed by atoms with Crippen LogP contribution in [0.2, 0.25) is 0 Å². The lowest BCUT2D eigenvalue weighted by atomic mass is 9.99. The van der Waals surface area contributed by atoms with E-state index in [-0.39, 0.29) is 17.8 Å². The Bertz CT molecular complexity index is 1450. The van der Waals surface area contributed by atoms with Gasteiger partial charge in [0.05, 0.1) is 30.0 Å². The Labute approximate surface area is 206 Å². The Morgan fingerprint density at radius 2 is 1.83 bits per heavy atom. The number of nitrogens with one attached hydrogen (secondary N) is 3. The number of benzene rings is 3. The molecular formula is C27H23FN6O2. The third-order valence-corrected chi connectivity index (χ3v) is 5.76. The average molecular weight is 483 g/mol. The van der Waals surface area contributed by atoms with Gasteiger partial charge in [-0.05, 0) is 42.8 Å². The molecule has 0 bridgehead atoms. The summed E-state index contributed by atoms with van der Waals surface area (Å²) in [5.74, 6) is -0.953. The first kappa shape index (κ1) is 23.0. The lowest BCUT2D eigenvalue weighted by Crippen LogP contribution is -2.48. The first-order valence-electron chi connectivity index (χ1n) is 11.3. The number of benzodiazepines with no additional fused rings is 1. The summed E-state index contributed by atoms with van der Waals surface area (Å²) < 4.78 is 14.9. The molecular weight excluding hydrogens is 459 g/mol. The van der Waals surface area contributed by atoms with Crippen molar-refractivity contribution < 1.29 is 14.0 Å². The normalized spacial score (nSPS) is 15.1. The Morgan fingerprint density at radius 3 is 2.58 bits per heavy atom. The van der Waals surface area contributed by atoms with Gasteiger partial charge in [0.2, 0.25) is 6.17 Å². The number of rotatable bonds is 5. The average Bonchev–Trinajstić information content (AvgIpc) is 3.35. The molecule has 1 aliphatic heterocycles. The van der Waals surface area contributed by atoms with Crippen LogP contribution in [0, 0.1) is 12.7 Å². The van der Waals surface area contributed by atoms with Crippen LogP contribution in [0.4, 0.5) is 20.6 Å². The maximum Gasteiger partial charge on any atom is 0.321 e. The summed E-state index contributed by atoms with van der Waals surface area (Å²) >= 11 is 0. The van der Waals surface area contributed by atoms with Crippen LogP contribution in [-0.2, 0) is 11.3 Å². The van der Waals surface area contributed by atoms with Gasteiger partial charge in [-0.15, -0.1) is 0 Å². The SMILES string of the molecule is Cc1cccc(NC(=O)NC2N=C(c3ccccc3F)c3ccccc3N(Cc3cnc[nH]3)C2=O)c1. The van der Waals surface area contributed by atoms with E-state index in [1.54, 1.807) is 54.7 Å². The number of carbonyl (C=O) groups is 2. The van der Waals surface area contributed by atoms with Crippen molar-refractivity contribution in [1.82, 2.24) is 15.3 Å². The zero-order chi connectivity index (χ0) is 25.1. The molecule has 9 heteroatoms. The van der Waals surface area contributed by atoms with E-state index in [4.69, 9.17) is 0 Å². The van der Waals surface area contributed by atoms with E-state index in [0.29, 0.717) is 22.6 Å². The molecule has 3 N–H and O–H groups in total. The van der Waals surface area contributed by atoms with Gasteiger partial charge >= 0.3 is 6.03 Å². The molecule has 0 fully saturated rings. The molecule has 1 unspecified atom stereocenters. The molecule has 0 saturated carbocycles. The van der Waals surface area contributed by atoms with Crippen molar-refractivity contribution in [1.29, 1.82) is 0 Å². The van der Waals surface area contributed by atoms with Crippen molar-refractivity contribution >= 4 is 29.0 Å². The molecule has 1 aliphatic rings. The second-order valence-electron chi connectivity index (χ2n) is 8.35. The van der Waals surface area contributed by atoms with Crippen LogP contribution in [0.3, 0.4) is 0 Å². The van der Waals surface area contributed by atoms with E-state index in [1.165, 1.54) is 17.3 Å². The molecule has 8 nitrogen and oxygen atoms in total. The number of hydrogen-bond donors (Lipinski definition) is 3. The number of aliphatic imine (C=N–C) groups is 1. The molecule has 0 aliphatic carbocycles. The summed E-state index contributed by atoms with van der Waals surface area (Å²) in [4.78, 5) is 39.8. The van der Waals surface area contributed by atoms with Gasteiger partial charge in [-0.25, -0.2) is 19.2 Å². The number of urea groups is 1. The standard InChI is InChI=1S/C27H23FN6O2/c1-17-7-6-8-18(13-17)31-27(36)33-25-26(35)34(15-19-14-29-16-30-19)23-12-5-3-10-21(23)24(32-25)20-9-2-4-11-22(20)28/h2-14,16,25H,15H2,1H3,(H,29,30)(H2,31,33,36). The maximum absolute atomic E-state index is 14.9. The summed E-state index contributed by atoms with van der Waals surface area (Å²) in [7, 11) is 0. The van der Waals surface area contributed by atoms with Gasteiger partial charge in [-0.2, -0.15) is 0 Å². The third kappa shape index (κ3) is 4.72. The van der Waals surface area contributed by atoms with Gasteiger partial charge in [0.25, 0.3) is 5.91 Å². The number of halogens is 1. The van der Waals surface area contributed by atoms with Crippen LogP contribution in [0.25, 0.3) is 0 Å². The highest BCUT2D eigenvalue weighted by Crippen LogP contribution is 2.30. The number of anilines is 2. The van der Waals surface area contributed by atoms with Crippen LogP contribution in [0.1, 0.15) is 22.4 Å². The van der Waals surface area contributed by atoms with Crippen LogP contribution >= 0.6 is 0 Å². The second kappa shape index (κ2) is 9.83. The number of aromatic nitrogens is 2. The van der Waals surface area contributed by atoms with Crippen molar-refractivity contribution in [2.75, 3.05) is 10.2 Å². The lowest BCUT2D eigenvalue weighted by molar-refractivity contribution is -0.120. The van der Waals surface area contributed by atoms with Crippen LogP contribution in [-0.4, -0.2) is 33.8 Å². The molecule has 0 spiro atoms. The van der Waals surface area contributed by atoms with Crippen molar-refractivity contribution in [2.45, 2.75) is 19.6 Å². The van der Waals surface area contributed by atoms with E-state index in [1.807, 2.05) is 25.1 Å². The summed E-state index contributed by atoms with van der Waals surface area (Å²) in [5, 5.41) is 5.40. The minimum atomic E-state index is -1.31. The van der Waals surface area contributed by atoms with E-state index in [9.17, 15) is 14.0 Å². The summed E-state index contributed by atoms with van der Waals surface area (Å²) in [5.41, 5.74) is 3.85. The highest BCUT2D eigenvalue weighted by molar-refractivity contribution is 6.20. The topological polar surface area (TPSA) is 102 Å². The number of nitrogens with zero attached hydrogens (tertiary/aromatic N) is 3. The fourth-order valence-corrected chi connectivity index (χ4v) is 4.11. The number of imidazole rings is 1. The minimum absolute atomic E-state index is 0.160. The quantitative estimate of drug-likeness (QED) is 0.393. The predicted octanol–water partition coefficient (Wildman–Crippen LogP) is 4.39. The van der Waals surface area contributed by atoms with E-state index < -0.39 is 23.9 Å².